The van der Waals surface area contributed by atoms with E-state index in [1.807, 2.05) is 0 Å². The lowest BCUT2D eigenvalue weighted by atomic mass is 10.1. The van der Waals surface area contributed by atoms with Crippen LogP contribution in [0.5, 0.6) is 0 Å². The first-order valence-electron chi connectivity index (χ1n) is 8.88. The number of H-pyrrole nitrogens is 1. The molecule has 3 heterocycles. The number of esters is 1. The highest BCUT2D eigenvalue weighted by atomic mass is 32.2. The lowest BCUT2D eigenvalue weighted by Crippen LogP contribution is -2.44. The zero-order valence-electron chi connectivity index (χ0n) is 15.7. The number of carbonyl (C=O) groups is 2. The Morgan fingerprint density at radius 1 is 1.43 bits per heavy atom. The number of carboxylic acids is 1. The summed E-state index contributed by atoms with van der Waals surface area (Å²) >= 11 is 0.842. The summed E-state index contributed by atoms with van der Waals surface area (Å²) in [5.74, 6) is -2.15. The molecular formula is C16H20N4O9S. The van der Waals surface area contributed by atoms with Gasteiger partial charge in [-0.2, -0.15) is 0 Å². The second kappa shape index (κ2) is 8.69. The summed E-state index contributed by atoms with van der Waals surface area (Å²) in [7, 11) is 0. The molecule has 1 fully saturated rings. The number of aromatic amines is 1. The second-order valence-electron chi connectivity index (χ2n) is 6.35. The number of fused-ring (bicyclic) bond motifs is 1. The Bertz CT molecular complexity index is 994. The number of aliphatic carboxylic acids is 1. The van der Waals surface area contributed by atoms with Gasteiger partial charge in [-0.05, 0) is 6.92 Å². The van der Waals surface area contributed by atoms with Gasteiger partial charge in [0.1, 0.15) is 24.6 Å². The Morgan fingerprint density at radius 3 is 2.83 bits per heavy atom. The van der Waals surface area contributed by atoms with Crippen molar-refractivity contribution in [3.8, 4) is 0 Å². The van der Waals surface area contributed by atoms with E-state index in [0.717, 1.165) is 29.0 Å². The van der Waals surface area contributed by atoms with Crippen LogP contribution in [0, 0.1) is 0 Å². The van der Waals surface area contributed by atoms with Crippen LogP contribution >= 0.6 is 11.8 Å². The zero-order chi connectivity index (χ0) is 22.1. The molecule has 0 bridgehead atoms. The smallest absolute Gasteiger partial charge is 0.335 e. The Hall–Kier alpha value is -2.52. The van der Waals surface area contributed by atoms with Gasteiger partial charge in [0.05, 0.1) is 19.4 Å². The zero-order valence-corrected chi connectivity index (χ0v) is 16.5. The molecule has 5 N–H and O–H groups in total. The van der Waals surface area contributed by atoms with Gasteiger partial charge in [-0.1, -0.05) is 0 Å². The predicted molar refractivity (Wildman–Crippen MR) is 100 cm³/mol. The molecule has 0 amide bonds. The van der Waals surface area contributed by atoms with Gasteiger partial charge >= 0.3 is 11.9 Å². The van der Waals surface area contributed by atoms with E-state index < -0.39 is 47.0 Å². The molecule has 0 aliphatic carbocycles. The molecule has 2 aromatic heterocycles. The van der Waals surface area contributed by atoms with Gasteiger partial charge in [-0.25, -0.2) is 14.8 Å². The van der Waals surface area contributed by atoms with Crippen molar-refractivity contribution in [2.75, 3.05) is 12.4 Å². The van der Waals surface area contributed by atoms with Crippen LogP contribution in [0.15, 0.2) is 17.4 Å². The first kappa shape index (κ1) is 22.2. The Labute approximate surface area is 172 Å². The van der Waals surface area contributed by atoms with Crippen molar-refractivity contribution in [2.45, 2.75) is 42.8 Å². The quantitative estimate of drug-likeness (QED) is 0.281. The van der Waals surface area contributed by atoms with Crippen LogP contribution in [-0.4, -0.2) is 88.7 Å². The molecule has 0 saturated carbocycles. The number of nitrogens with one attached hydrogen (secondary N) is 1. The van der Waals surface area contributed by atoms with Crippen molar-refractivity contribution >= 4 is 34.9 Å². The third kappa shape index (κ3) is 3.79. The topological polar surface area (TPSA) is 197 Å². The fourth-order valence-electron chi connectivity index (χ4n) is 3.10. The third-order valence-corrected chi connectivity index (χ3v) is 5.86. The van der Waals surface area contributed by atoms with E-state index >= 15 is 0 Å². The number of hydrogen-bond donors (Lipinski definition) is 5. The van der Waals surface area contributed by atoms with Gasteiger partial charge in [0.15, 0.2) is 17.3 Å². The molecule has 30 heavy (non-hydrogen) atoms. The minimum absolute atomic E-state index is 0.0147. The molecular weight excluding hydrogens is 424 g/mol. The minimum Gasteiger partial charge on any atom is -0.479 e. The van der Waals surface area contributed by atoms with E-state index in [1.165, 1.54) is 0 Å². The number of hydrogen-bond acceptors (Lipinski definition) is 11. The minimum atomic E-state index is -2.15. The summed E-state index contributed by atoms with van der Waals surface area (Å²) in [5.41, 5.74) is -0.671. The van der Waals surface area contributed by atoms with Crippen molar-refractivity contribution in [2.24, 2.45) is 0 Å². The fraction of sp³-hybridized carbons (Fsp3) is 0.562. The Balaban J connectivity index is 2.03. The maximum Gasteiger partial charge on any atom is 0.335 e. The highest BCUT2D eigenvalue weighted by Crippen LogP contribution is 2.46. The van der Waals surface area contributed by atoms with Crippen LogP contribution in [0.25, 0.3) is 11.2 Å². The van der Waals surface area contributed by atoms with E-state index in [4.69, 9.17) is 14.6 Å². The maximum atomic E-state index is 12.0. The molecule has 0 radical (unpaired) electrons. The number of rotatable bonds is 8. The molecule has 5 atom stereocenters. The van der Waals surface area contributed by atoms with Gasteiger partial charge < -0.3 is 34.9 Å². The highest BCUT2D eigenvalue weighted by Gasteiger charge is 2.59. The van der Waals surface area contributed by atoms with Crippen LogP contribution in [0.2, 0.25) is 0 Å². The molecule has 2 aromatic rings. The number of carboxylic acid groups (broad SMARTS) is 1. The van der Waals surface area contributed by atoms with Crippen molar-refractivity contribution in [3.63, 3.8) is 0 Å². The molecule has 1 aliphatic heterocycles. The molecule has 1 unspecified atom stereocenters. The summed E-state index contributed by atoms with van der Waals surface area (Å²) in [6.07, 6.45) is -5.26. The number of carbonyl (C=O) groups excluding carboxylic acids is 1. The van der Waals surface area contributed by atoms with Crippen LogP contribution < -0.4 is 5.56 Å². The first-order valence-corrected chi connectivity index (χ1v) is 9.87. The first-order chi connectivity index (χ1) is 14.2. The van der Waals surface area contributed by atoms with Crippen LogP contribution in [0.1, 0.15) is 13.3 Å². The van der Waals surface area contributed by atoms with Crippen molar-refractivity contribution < 1.29 is 39.5 Å². The summed E-state index contributed by atoms with van der Waals surface area (Å²) in [6.45, 7) is 1.82. The van der Waals surface area contributed by atoms with Gasteiger partial charge in [0.2, 0.25) is 5.06 Å². The number of aliphatic hydroxyl groups excluding tert-OH is 3. The van der Waals surface area contributed by atoms with Crippen molar-refractivity contribution in [1.29, 1.82) is 0 Å². The molecule has 13 nitrogen and oxygen atoms in total. The molecule has 3 rings (SSSR count). The average Bonchev–Trinajstić information content (AvgIpc) is 3.24. The average molecular weight is 444 g/mol. The van der Waals surface area contributed by atoms with E-state index in [9.17, 15) is 29.7 Å². The van der Waals surface area contributed by atoms with Gasteiger partial charge in [-0.15, -0.1) is 11.8 Å². The van der Waals surface area contributed by atoms with E-state index in [-0.39, 0.29) is 29.9 Å². The number of nitrogens with zero attached hydrogens (tertiary/aromatic N) is 3. The summed E-state index contributed by atoms with van der Waals surface area (Å²) in [5, 5.41) is 38.3. The number of imidazole rings is 1. The summed E-state index contributed by atoms with van der Waals surface area (Å²) in [6, 6.07) is 0. The van der Waals surface area contributed by atoms with Crippen LogP contribution in [0.4, 0.5) is 0 Å². The van der Waals surface area contributed by atoms with Crippen LogP contribution in [0.3, 0.4) is 0 Å². The maximum absolute atomic E-state index is 12.0. The molecule has 1 saturated heterocycles. The van der Waals surface area contributed by atoms with Crippen molar-refractivity contribution in [3.05, 3.63) is 23.0 Å². The lowest BCUT2D eigenvalue weighted by Gasteiger charge is -2.33. The molecule has 0 aromatic carbocycles. The summed E-state index contributed by atoms with van der Waals surface area (Å²) < 4.78 is 11.7. The van der Waals surface area contributed by atoms with E-state index in [0.29, 0.717) is 0 Å². The van der Waals surface area contributed by atoms with Gasteiger partial charge in [-0.3, -0.25) is 14.2 Å². The number of aromatic nitrogens is 4. The molecule has 164 valence electrons. The van der Waals surface area contributed by atoms with Gasteiger partial charge in [0.25, 0.3) is 5.56 Å². The van der Waals surface area contributed by atoms with E-state index in [1.54, 1.807) is 6.92 Å². The number of ether oxygens (including phenoxy) is 2. The standard InChI is InChI=1S/C16H20N4O9S/c1-2-28-7(21)3-4-30-16(12(24)9(22)11(29-16)10(23)15(26)27)20-6-19-8-13(20)17-5-18-14(8)25/h5-6,9-12,22-24H,2-4H2,1H3,(H,26,27)(H,17,18,25)/t9-,10?,11+,12-,16+/m1/s1. The number of aliphatic hydroxyl groups is 3. The lowest BCUT2D eigenvalue weighted by molar-refractivity contribution is -0.162. The predicted octanol–water partition coefficient (Wildman–Crippen LogP) is -2.02. The highest BCUT2D eigenvalue weighted by molar-refractivity contribution is 7.99. The third-order valence-electron chi connectivity index (χ3n) is 4.50. The molecule has 14 heteroatoms. The molecule has 1 aliphatic rings. The Kier molecular flexibility index (Phi) is 6.42. The second-order valence-corrected chi connectivity index (χ2v) is 7.64. The summed E-state index contributed by atoms with van der Waals surface area (Å²) in [4.78, 5) is 45.2. The van der Waals surface area contributed by atoms with Crippen LogP contribution in [-0.2, 0) is 24.1 Å². The fourth-order valence-corrected chi connectivity index (χ4v) is 4.42. The monoisotopic (exact) mass is 444 g/mol. The normalized spacial score (nSPS) is 27.3. The van der Waals surface area contributed by atoms with E-state index in [2.05, 4.69) is 15.0 Å². The van der Waals surface area contributed by atoms with Gasteiger partial charge in [0, 0.05) is 5.75 Å². The van der Waals surface area contributed by atoms with Crippen molar-refractivity contribution in [1.82, 2.24) is 19.5 Å². The SMILES string of the molecule is CCOC(=O)CCS[C@@]1(n2cnc3c(=O)[nH]cnc32)O[C@H](C(O)C(=O)O)[C@@H](O)[C@H]1O. The molecule has 0 spiro atoms. The number of thioether (sulfide) groups is 1. The largest absolute Gasteiger partial charge is 0.479 e. The Morgan fingerprint density at radius 2 is 2.17 bits per heavy atom.